The maximum Gasteiger partial charge on any atom is 0.338 e. The van der Waals surface area contributed by atoms with Crippen LogP contribution in [0.15, 0.2) is 24.3 Å². The summed E-state index contributed by atoms with van der Waals surface area (Å²) >= 11 is 0. The Balaban J connectivity index is 2.46. The van der Waals surface area contributed by atoms with Gasteiger partial charge in [-0.25, -0.2) is 4.79 Å². The molecule has 110 valence electrons. The molecule has 0 heterocycles. The van der Waals surface area contributed by atoms with Crippen LogP contribution in [0.25, 0.3) is 0 Å². The van der Waals surface area contributed by atoms with E-state index in [0.717, 1.165) is 5.56 Å². The molecule has 0 aliphatic heterocycles. The maximum absolute atomic E-state index is 11.8. The van der Waals surface area contributed by atoms with E-state index in [1.54, 1.807) is 31.2 Å². The molecule has 0 radical (unpaired) electrons. The zero-order valence-corrected chi connectivity index (χ0v) is 11.4. The van der Waals surface area contributed by atoms with Crippen LogP contribution in [0.2, 0.25) is 0 Å². The Kier molecular flexibility index (Phi) is 6.14. The number of aliphatic carboxylic acids is 1. The van der Waals surface area contributed by atoms with E-state index < -0.39 is 18.0 Å². The fraction of sp³-hybridized carbons (Fsp3) is 0.429. The molecule has 6 nitrogen and oxygen atoms in total. The van der Waals surface area contributed by atoms with Crippen LogP contribution in [0.3, 0.4) is 0 Å². The van der Waals surface area contributed by atoms with Gasteiger partial charge in [0.2, 0.25) is 0 Å². The highest BCUT2D eigenvalue weighted by atomic mass is 16.5. The molecule has 0 saturated carbocycles. The average Bonchev–Trinajstić information content (AvgIpc) is 2.44. The number of carboxylic acids is 1. The van der Waals surface area contributed by atoms with Crippen molar-refractivity contribution in [1.29, 1.82) is 0 Å². The fourth-order valence-corrected chi connectivity index (χ4v) is 1.62. The first-order valence-corrected chi connectivity index (χ1v) is 6.42. The summed E-state index contributed by atoms with van der Waals surface area (Å²) in [5.74, 6) is -1.49. The monoisotopic (exact) mass is 280 g/mol. The molecular weight excluding hydrogens is 260 g/mol. The molecule has 20 heavy (non-hydrogen) atoms. The van der Waals surface area contributed by atoms with Gasteiger partial charge in [-0.2, -0.15) is 0 Å². The highest BCUT2D eigenvalue weighted by molar-refractivity contribution is 5.89. The van der Waals surface area contributed by atoms with E-state index in [-0.39, 0.29) is 12.5 Å². The first-order valence-electron chi connectivity index (χ1n) is 6.42. The predicted octanol–water partition coefficient (Wildman–Crippen LogP) is 0.883. The number of carbonyl (C=O) groups excluding carboxylic acids is 1. The molecule has 0 amide bonds. The third-order valence-corrected chi connectivity index (χ3v) is 2.93. The number of rotatable bonds is 7. The number of ether oxygens (including phenoxy) is 1. The Labute approximate surface area is 117 Å². The molecule has 0 aliphatic rings. The number of hydrogen-bond donors (Lipinski definition) is 3. The van der Waals surface area contributed by atoms with Crippen LogP contribution in [0, 0.1) is 0 Å². The number of carboxylic acid groups (broad SMARTS) is 1. The molecule has 0 bridgehead atoms. The standard InChI is InChI=1S/C14H20N2O4/c1-9(2-7-12(16)13(17)18)20-14(19)11-5-3-10(8-15)4-6-11/h3-6,9,12H,2,7-8,15-16H2,1H3,(H,17,18)/t9?,12-/m0/s1. The van der Waals surface area contributed by atoms with E-state index in [4.69, 9.17) is 21.3 Å². The lowest BCUT2D eigenvalue weighted by molar-refractivity contribution is -0.138. The highest BCUT2D eigenvalue weighted by Gasteiger charge is 2.16. The number of hydrogen-bond acceptors (Lipinski definition) is 5. The molecule has 0 spiro atoms. The Bertz CT molecular complexity index is 459. The lowest BCUT2D eigenvalue weighted by Crippen LogP contribution is -2.31. The van der Waals surface area contributed by atoms with E-state index >= 15 is 0 Å². The predicted molar refractivity (Wildman–Crippen MR) is 74.1 cm³/mol. The third-order valence-electron chi connectivity index (χ3n) is 2.93. The lowest BCUT2D eigenvalue weighted by Gasteiger charge is -2.14. The van der Waals surface area contributed by atoms with Gasteiger partial charge in [-0.15, -0.1) is 0 Å². The molecule has 0 saturated heterocycles. The average molecular weight is 280 g/mol. The molecule has 0 fully saturated rings. The van der Waals surface area contributed by atoms with E-state index in [2.05, 4.69) is 0 Å². The van der Waals surface area contributed by atoms with Crippen LogP contribution < -0.4 is 11.5 Å². The lowest BCUT2D eigenvalue weighted by atomic mass is 10.1. The minimum absolute atomic E-state index is 0.260. The summed E-state index contributed by atoms with van der Waals surface area (Å²) < 4.78 is 5.22. The van der Waals surface area contributed by atoms with E-state index in [9.17, 15) is 9.59 Å². The van der Waals surface area contributed by atoms with Crippen molar-refractivity contribution < 1.29 is 19.4 Å². The number of esters is 1. The zero-order valence-electron chi connectivity index (χ0n) is 11.4. The van der Waals surface area contributed by atoms with Gasteiger partial charge in [-0.05, 0) is 37.5 Å². The smallest absolute Gasteiger partial charge is 0.338 e. The minimum atomic E-state index is -1.05. The minimum Gasteiger partial charge on any atom is -0.480 e. The van der Waals surface area contributed by atoms with E-state index in [1.165, 1.54) is 0 Å². The molecule has 0 aliphatic carbocycles. The number of benzene rings is 1. The van der Waals surface area contributed by atoms with E-state index in [0.29, 0.717) is 18.5 Å². The van der Waals surface area contributed by atoms with Crippen LogP contribution in [0.5, 0.6) is 0 Å². The molecular formula is C14H20N2O4. The van der Waals surface area contributed by atoms with Gasteiger partial charge < -0.3 is 21.3 Å². The molecule has 6 heteroatoms. The summed E-state index contributed by atoms with van der Waals surface area (Å²) in [5.41, 5.74) is 12.2. The summed E-state index contributed by atoms with van der Waals surface area (Å²) in [5, 5.41) is 8.66. The molecule has 2 atom stereocenters. The van der Waals surface area contributed by atoms with Gasteiger partial charge in [0.25, 0.3) is 0 Å². The SMILES string of the molecule is CC(CC[C@H](N)C(=O)O)OC(=O)c1ccc(CN)cc1. The van der Waals surface area contributed by atoms with Crippen molar-refractivity contribution in [3.63, 3.8) is 0 Å². The van der Waals surface area contributed by atoms with Gasteiger partial charge >= 0.3 is 11.9 Å². The Hall–Kier alpha value is -1.92. The molecule has 0 aromatic heterocycles. The first kappa shape index (κ1) is 16.1. The van der Waals surface area contributed by atoms with Crippen molar-refractivity contribution in [2.45, 2.75) is 38.5 Å². The largest absolute Gasteiger partial charge is 0.480 e. The Morgan fingerprint density at radius 1 is 1.25 bits per heavy atom. The van der Waals surface area contributed by atoms with Crippen LogP contribution >= 0.6 is 0 Å². The molecule has 1 aromatic rings. The zero-order chi connectivity index (χ0) is 15.1. The van der Waals surface area contributed by atoms with Gasteiger partial charge in [-0.1, -0.05) is 12.1 Å². The van der Waals surface area contributed by atoms with Crippen molar-refractivity contribution in [2.75, 3.05) is 0 Å². The summed E-state index contributed by atoms with van der Waals surface area (Å²) in [4.78, 5) is 22.4. The van der Waals surface area contributed by atoms with Gasteiger partial charge in [0.1, 0.15) is 6.04 Å². The number of carbonyl (C=O) groups is 2. The summed E-state index contributed by atoms with van der Waals surface area (Å²) in [6, 6.07) is 5.91. The van der Waals surface area contributed by atoms with Crippen LogP contribution in [0.1, 0.15) is 35.7 Å². The van der Waals surface area contributed by atoms with Gasteiger partial charge in [-0.3, -0.25) is 4.79 Å². The molecule has 1 aromatic carbocycles. The van der Waals surface area contributed by atoms with Gasteiger partial charge in [0.15, 0.2) is 0 Å². The summed E-state index contributed by atoms with van der Waals surface area (Å²) in [6.07, 6.45) is 0.276. The highest BCUT2D eigenvalue weighted by Crippen LogP contribution is 2.10. The Morgan fingerprint density at radius 3 is 2.35 bits per heavy atom. The second kappa shape index (κ2) is 7.62. The van der Waals surface area contributed by atoms with E-state index in [1.807, 2.05) is 0 Å². The third kappa shape index (κ3) is 4.99. The second-order valence-electron chi connectivity index (χ2n) is 4.64. The molecule has 1 rings (SSSR count). The van der Waals surface area contributed by atoms with Crippen molar-refractivity contribution >= 4 is 11.9 Å². The van der Waals surface area contributed by atoms with Crippen LogP contribution in [-0.2, 0) is 16.1 Å². The summed E-state index contributed by atoms with van der Waals surface area (Å²) in [7, 11) is 0. The topological polar surface area (TPSA) is 116 Å². The van der Waals surface area contributed by atoms with Crippen molar-refractivity contribution in [3.8, 4) is 0 Å². The quantitative estimate of drug-likeness (QED) is 0.639. The van der Waals surface area contributed by atoms with Crippen LogP contribution in [-0.4, -0.2) is 29.2 Å². The first-order chi connectivity index (χ1) is 9.43. The molecule has 1 unspecified atom stereocenters. The van der Waals surface area contributed by atoms with Gasteiger partial charge in [0, 0.05) is 6.54 Å². The van der Waals surface area contributed by atoms with Crippen molar-refractivity contribution in [3.05, 3.63) is 35.4 Å². The maximum atomic E-state index is 11.8. The second-order valence-corrected chi connectivity index (χ2v) is 4.64. The Morgan fingerprint density at radius 2 is 1.85 bits per heavy atom. The van der Waals surface area contributed by atoms with Crippen molar-refractivity contribution in [1.82, 2.24) is 0 Å². The van der Waals surface area contributed by atoms with Gasteiger partial charge in [0.05, 0.1) is 11.7 Å². The van der Waals surface area contributed by atoms with Crippen molar-refractivity contribution in [2.24, 2.45) is 11.5 Å². The molecule has 5 N–H and O–H groups in total. The number of nitrogens with two attached hydrogens (primary N) is 2. The normalized spacial score (nSPS) is 13.6. The fourth-order valence-electron chi connectivity index (χ4n) is 1.62. The van der Waals surface area contributed by atoms with Crippen LogP contribution in [0.4, 0.5) is 0 Å². The summed E-state index contributed by atoms with van der Waals surface area (Å²) in [6.45, 7) is 2.12.